The molecule has 1 aliphatic rings. The lowest BCUT2D eigenvalue weighted by molar-refractivity contribution is 0.0478. The molecule has 2 heterocycles. The third-order valence-corrected chi connectivity index (χ3v) is 2.71. The summed E-state index contributed by atoms with van der Waals surface area (Å²) < 4.78 is 4.98. The molecule has 0 atom stereocenters. The zero-order valence-corrected chi connectivity index (χ0v) is 8.00. The molecule has 1 saturated heterocycles. The van der Waals surface area contributed by atoms with Crippen LogP contribution in [0.2, 0.25) is 5.22 Å². The summed E-state index contributed by atoms with van der Waals surface area (Å²) in [4.78, 5) is 2.23. The lowest BCUT2D eigenvalue weighted by Crippen LogP contribution is -2.47. The van der Waals surface area contributed by atoms with Crippen molar-refractivity contribution in [2.45, 2.75) is 6.54 Å². The maximum atomic E-state index is 8.81. The monoisotopic (exact) mass is 201 g/mol. The molecule has 1 N–H and O–H groups in total. The molecule has 13 heavy (non-hydrogen) atoms. The van der Waals surface area contributed by atoms with Gasteiger partial charge in [-0.2, -0.15) is 0 Å². The normalized spacial score (nSPS) is 18.9. The number of likely N-dealkylation sites (tertiary alicyclic amines) is 1. The third kappa shape index (κ3) is 1.88. The van der Waals surface area contributed by atoms with Gasteiger partial charge in [-0.15, -0.1) is 0 Å². The summed E-state index contributed by atoms with van der Waals surface area (Å²) in [6, 6.07) is 1.88. The van der Waals surface area contributed by atoms with E-state index in [4.69, 9.17) is 21.1 Å². The molecule has 1 aromatic heterocycles. The first-order chi connectivity index (χ1) is 6.29. The van der Waals surface area contributed by atoms with E-state index >= 15 is 0 Å². The highest BCUT2D eigenvalue weighted by atomic mass is 35.5. The quantitative estimate of drug-likeness (QED) is 0.803. The standard InChI is InChI=1S/C9H12ClNO2/c10-9-8(1-2-13-9)5-11-3-7(4-11)6-12/h1-2,7,12H,3-6H2. The maximum absolute atomic E-state index is 8.81. The molecule has 0 aromatic carbocycles. The van der Waals surface area contributed by atoms with Crippen molar-refractivity contribution >= 4 is 11.6 Å². The van der Waals surface area contributed by atoms with Crippen LogP contribution in [0.4, 0.5) is 0 Å². The molecule has 0 aliphatic carbocycles. The van der Waals surface area contributed by atoms with E-state index in [0.717, 1.165) is 25.2 Å². The smallest absolute Gasteiger partial charge is 0.197 e. The Morgan fingerprint density at radius 1 is 1.62 bits per heavy atom. The van der Waals surface area contributed by atoms with E-state index in [1.54, 1.807) is 6.26 Å². The molecule has 0 bridgehead atoms. The summed E-state index contributed by atoms with van der Waals surface area (Å²) in [6.07, 6.45) is 1.60. The number of rotatable bonds is 3. The molecule has 1 aliphatic heterocycles. The zero-order valence-electron chi connectivity index (χ0n) is 7.24. The van der Waals surface area contributed by atoms with E-state index in [-0.39, 0.29) is 6.61 Å². The number of nitrogens with zero attached hydrogens (tertiary/aromatic N) is 1. The average Bonchev–Trinajstić information content (AvgIpc) is 2.43. The third-order valence-electron chi connectivity index (χ3n) is 2.38. The Morgan fingerprint density at radius 2 is 2.38 bits per heavy atom. The molecule has 1 aromatic rings. The van der Waals surface area contributed by atoms with E-state index in [9.17, 15) is 0 Å². The van der Waals surface area contributed by atoms with Gasteiger partial charge in [-0.05, 0) is 17.7 Å². The Bertz CT molecular complexity index is 281. The van der Waals surface area contributed by atoms with Crippen molar-refractivity contribution in [1.82, 2.24) is 4.90 Å². The molecule has 72 valence electrons. The van der Waals surface area contributed by atoms with Crippen LogP contribution in [0.3, 0.4) is 0 Å². The van der Waals surface area contributed by atoms with Crippen molar-refractivity contribution in [3.63, 3.8) is 0 Å². The lowest BCUT2D eigenvalue weighted by atomic mass is 10.0. The second-order valence-electron chi connectivity index (χ2n) is 3.46. The molecule has 0 saturated carbocycles. The van der Waals surface area contributed by atoms with Gasteiger partial charge in [0.15, 0.2) is 5.22 Å². The van der Waals surface area contributed by atoms with Crippen molar-refractivity contribution in [3.8, 4) is 0 Å². The molecule has 2 rings (SSSR count). The summed E-state index contributed by atoms with van der Waals surface area (Å²) >= 11 is 5.79. The van der Waals surface area contributed by atoms with Crippen LogP contribution < -0.4 is 0 Å². The summed E-state index contributed by atoms with van der Waals surface area (Å²) in [5.74, 6) is 0.450. The van der Waals surface area contributed by atoms with E-state index in [1.165, 1.54) is 0 Å². The van der Waals surface area contributed by atoms with Crippen LogP contribution in [0.5, 0.6) is 0 Å². The fourth-order valence-electron chi connectivity index (χ4n) is 1.59. The zero-order chi connectivity index (χ0) is 9.26. The highest BCUT2D eigenvalue weighted by Crippen LogP contribution is 2.23. The van der Waals surface area contributed by atoms with Crippen LogP contribution in [0.25, 0.3) is 0 Å². The highest BCUT2D eigenvalue weighted by Gasteiger charge is 2.26. The Kier molecular flexibility index (Phi) is 2.58. The van der Waals surface area contributed by atoms with Crippen molar-refractivity contribution < 1.29 is 9.52 Å². The maximum Gasteiger partial charge on any atom is 0.197 e. The van der Waals surface area contributed by atoms with Crippen molar-refractivity contribution in [2.75, 3.05) is 19.7 Å². The number of aliphatic hydroxyl groups is 1. The van der Waals surface area contributed by atoms with Gasteiger partial charge in [-0.25, -0.2) is 0 Å². The van der Waals surface area contributed by atoms with Gasteiger partial charge in [0.05, 0.1) is 6.26 Å². The SMILES string of the molecule is OCC1CN(Cc2ccoc2Cl)C1. The van der Waals surface area contributed by atoms with Crippen molar-refractivity contribution in [1.29, 1.82) is 0 Å². The first-order valence-corrected chi connectivity index (χ1v) is 4.72. The van der Waals surface area contributed by atoms with Gasteiger partial charge in [0.2, 0.25) is 0 Å². The predicted octanol–water partition coefficient (Wildman–Crippen LogP) is 1.36. The van der Waals surface area contributed by atoms with Gasteiger partial charge in [0.25, 0.3) is 0 Å². The van der Waals surface area contributed by atoms with Crippen molar-refractivity contribution in [3.05, 3.63) is 23.1 Å². The highest BCUT2D eigenvalue weighted by molar-refractivity contribution is 6.29. The molecule has 1 fully saturated rings. The van der Waals surface area contributed by atoms with Crippen LogP contribution in [0.1, 0.15) is 5.56 Å². The Hall–Kier alpha value is -0.510. The van der Waals surface area contributed by atoms with Gasteiger partial charge in [-0.1, -0.05) is 0 Å². The molecule has 0 amide bonds. The summed E-state index contributed by atoms with van der Waals surface area (Å²) in [5.41, 5.74) is 1.03. The first kappa shape index (κ1) is 9.06. The number of hydrogen-bond donors (Lipinski definition) is 1. The minimum atomic E-state index is 0.287. The summed E-state index contributed by atoms with van der Waals surface area (Å²) in [7, 11) is 0. The Labute approximate surface area is 81.9 Å². The Morgan fingerprint density at radius 3 is 2.92 bits per heavy atom. The second kappa shape index (κ2) is 3.70. The van der Waals surface area contributed by atoms with Crippen LogP contribution in [-0.2, 0) is 6.54 Å². The second-order valence-corrected chi connectivity index (χ2v) is 3.81. The van der Waals surface area contributed by atoms with Gasteiger partial charge >= 0.3 is 0 Å². The minimum absolute atomic E-state index is 0.287. The summed E-state index contributed by atoms with van der Waals surface area (Å²) in [5, 5.41) is 9.29. The minimum Gasteiger partial charge on any atom is -0.453 e. The Balaban J connectivity index is 1.84. The molecular formula is C9H12ClNO2. The molecular weight excluding hydrogens is 190 g/mol. The lowest BCUT2D eigenvalue weighted by Gasteiger charge is -2.37. The van der Waals surface area contributed by atoms with Crippen molar-refractivity contribution in [2.24, 2.45) is 5.92 Å². The van der Waals surface area contributed by atoms with E-state index in [1.807, 2.05) is 6.07 Å². The van der Waals surface area contributed by atoms with Crippen LogP contribution in [-0.4, -0.2) is 29.7 Å². The van der Waals surface area contributed by atoms with Gasteiger partial charge in [0.1, 0.15) is 0 Å². The van der Waals surface area contributed by atoms with Crippen LogP contribution >= 0.6 is 11.6 Å². The van der Waals surface area contributed by atoms with Crippen LogP contribution in [0.15, 0.2) is 16.7 Å². The van der Waals surface area contributed by atoms with E-state index in [2.05, 4.69) is 4.90 Å². The fraction of sp³-hybridized carbons (Fsp3) is 0.556. The first-order valence-electron chi connectivity index (χ1n) is 4.34. The van der Waals surface area contributed by atoms with Gasteiger partial charge < -0.3 is 9.52 Å². The fourth-order valence-corrected chi connectivity index (χ4v) is 1.77. The molecule has 0 spiro atoms. The van der Waals surface area contributed by atoms with E-state index < -0.39 is 0 Å². The summed E-state index contributed by atoms with van der Waals surface area (Å²) in [6.45, 7) is 3.03. The number of halogens is 1. The molecule has 0 radical (unpaired) electrons. The molecule has 4 heteroatoms. The largest absolute Gasteiger partial charge is 0.453 e. The number of furan rings is 1. The topological polar surface area (TPSA) is 36.6 Å². The molecule has 3 nitrogen and oxygen atoms in total. The predicted molar refractivity (Wildman–Crippen MR) is 49.6 cm³/mol. The average molecular weight is 202 g/mol. The number of hydrogen-bond acceptors (Lipinski definition) is 3. The van der Waals surface area contributed by atoms with E-state index in [0.29, 0.717) is 11.1 Å². The van der Waals surface area contributed by atoms with Gasteiger partial charge in [-0.3, -0.25) is 4.90 Å². The molecule has 0 unspecified atom stereocenters. The number of aliphatic hydroxyl groups excluding tert-OH is 1. The van der Waals surface area contributed by atoms with Gasteiger partial charge in [0, 0.05) is 37.7 Å². The van der Waals surface area contributed by atoms with Crippen LogP contribution in [0, 0.1) is 5.92 Å².